The smallest absolute Gasteiger partial charge is 0.220 e. The molecule has 27 heavy (non-hydrogen) atoms. The van der Waals surface area contributed by atoms with Gasteiger partial charge in [0.25, 0.3) is 0 Å². The summed E-state index contributed by atoms with van der Waals surface area (Å²) in [5.41, 5.74) is 6.27. The van der Waals surface area contributed by atoms with Crippen molar-refractivity contribution in [2.45, 2.75) is 53.0 Å². The van der Waals surface area contributed by atoms with Gasteiger partial charge >= 0.3 is 0 Å². The zero-order valence-corrected chi connectivity index (χ0v) is 16.9. The van der Waals surface area contributed by atoms with Gasteiger partial charge in [0.2, 0.25) is 5.91 Å². The Labute approximate surface area is 163 Å². The number of amides is 1. The van der Waals surface area contributed by atoms with E-state index in [0.29, 0.717) is 13.0 Å². The third kappa shape index (κ3) is 5.59. The highest BCUT2D eigenvalue weighted by molar-refractivity contribution is 5.76. The first-order chi connectivity index (χ1) is 13.0. The first-order valence-corrected chi connectivity index (χ1v) is 10.2. The van der Waals surface area contributed by atoms with Gasteiger partial charge in [-0.1, -0.05) is 37.3 Å². The molecule has 144 valence electrons. The molecular formula is C24H32N2O. The van der Waals surface area contributed by atoms with Crippen molar-refractivity contribution in [3.63, 3.8) is 0 Å². The lowest BCUT2D eigenvalue weighted by molar-refractivity contribution is -0.121. The van der Waals surface area contributed by atoms with Crippen LogP contribution in [0.4, 0.5) is 5.69 Å². The van der Waals surface area contributed by atoms with Gasteiger partial charge in [0.1, 0.15) is 0 Å². The molecule has 1 aliphatic rings. The summed E-state index contributed by atoms with van der Waals surface area (Å²) in [6.45, 7) is 9.46. The van der Waals surface area contributed by atoms with E-state index in [1.54, 1.807) is 0 Å². The minimum absolute atomic E-state index is 0.113. The number of hydrogen-bond donors (Lipinski definition) is 1. The SMILES string of the molecule is Cc1ccc(CCC(=O)NCc2ccc(N3CCCC(C)C3)cc2)cc1C. The summed E-state index contributed by atoms with van der Waals surface area (Å²) in [7, 11) is 0. The van der Waals surface area contributed by atoms with Crippen LogP contribution in [0.25, 0.3) is 0 Å². The lowest BCUT2D eigenvalue weighted by Gasteiger charge is -2.32. The number of benzene rings is 2. The van der Waals surface area contributed by atoms with Crippen molar-refractivity contribution in [2.75, 3.05) is 18.0 Å². The molecule has 3 heteroatoms. The Balaban J connectivity index is 1.45. The lowest BCUT2D eigenvalue weighted by atomic mass is 9.99. The van der Waals surface area contributed by atoms with Gasteiger partial charge in [0, 0.05) is 31.7 Å². The third-order valence-electron chi connectivity index (χ3n) is 5.66. The predicted molar refractivity (Wildman–Crippen MR) is 113 cm³/mol. The number of carbonyl (C=O) groups is 1. The van der Waals surface area contributed by atoms with Crippen LogP contribution in [0.2, 0.25) is 0 Å². The van der Waals surface area contributed by atoms with Crippen LogP contribution in [0.15, 0.2) is 42.5 Å². The number of anilines is 1. The molecule has 0 radical (unpaired) electrons. The molecule has 1 amide bonds. The number of rotatable bonds is 6. The molecular weight excluding hydrogens is 332 g/mol. The van der Waals surface area contributed by atoms with Gasteiger partial charge in [-0.2, -0.15) is 0 Å². The van der Waals surface area contributed by atoms with E-state index in [9.17, 15) is 4.79 Å². The van der Waals surface area contributed by atoms with Gasteiger partial charge in [-0.3, -0.25) is 4.79 Å². The number of aryl methyl sites for hydroxylation is 3. The van der Waals surface area contributed by atoms with E-state index < -0.39 is 0 Å². The Morgan fingerprint density at radius 2 is 1.81 bits per heavy atom. The largest absolute Gasteiger partial charge is 0.371 e. The number of carbonyl (C=O) groups excluding carboxylic acids is 1. The van der Waals surface area contributed by atoms with E-state index in [4.69, 9.17) is 0 Å². The van der Waals surface area contributed by atoms with Crippen LogP contribution < -0.4 is 10.2 Å². The zero-order valence-electron chi connectivity index (χ0n) is 16.9. The monoisotopic (exact) mass is 364 g/mol. The van der Waals surface area contributed by atoms with Crippen molar-refractivity contribution in [1.29, 1.82) is 0 Å². The summed E-state index contributed by atoms with van der Waals surface area (Å²) in [4.78, 5) is 14.6. The fourth-order valence-corrected chi connectivity index (χ4v) is 3.75. The zero-order chi connectivity index (χ0) is 19.2. The molecule has 2 aromatic rings. The number of nitrogens with one attached hydrogen (secondary N) is 1. The fourth-order valence-electron chi connectivity index (χ4n) is 3.75. The van der Waals surface area contributed by atoms with Crippen LogP contribution in [0.5, 0.6) is 0 Å². The van der Waals surface area contributed by atoms with Crippen LogP contribution in [-0.4, -0.2) is 19.0 Å². The summed E-state index contributed by atoms with van der Waals surface area (Å²) in [5.74, 6) is 0.886. The van der Waals surface area contributed by atoms with Crippen molar-refractivity contribution < 1.29 is 4.79 Å². The van der Waals surface area contributed by atoms with Crippen molar-refractivity contribution in [2.24, 2.45) is 5.92 Å². The Morgan fingerprint density at radius 3 is 2.52 bits per heavy atom. The maximum absolute atomic E-state index is 12.2. The normalized spacial score (nSPS) is 17.0. The third-order valence-corrected chi connectivity index (χ3v) is 5.66. The number of piperidine rings is 1. The topological polar surface area (TPSA) is 32.3 Å². The fraction of sp³-hybridized carbons (Fsp3) is 0.458. The van der Waals surface area contributed by atoms with E-state index in [1.165, 1.54) is 35.2 Å². The molecule has 0 bridgehead atoms. The Hall–Kier alpha value is -2.29. The summed E-state index contributed by atoms with van der Waals surface area (Å²) in [6.07, 6.45) is 3.94. The lowest BCUT2D eigenvalue weighted by Crippen LogP contribution is -2.34. The summed E-state index contributed by atoms with van der Waals surface area (Å²) in [5, 5.41) is 3.05. The molecule has 1 aliphatic heterocycles. The van der Waals surface area contributed by atoms with Crippen molar-refractivity contribution >= 4 is 11.6 Å². The van der Waals surface area contributed by atoms with Gasteiger partial charge < -0.3 is 10.2 Å². The van der Waals surface area contributed by atoms with E-state index in [1.807, 2.05) is 0 Å². The summed E-state index contributed by atoms with van der Waals surface area (Å²) >= 11 is 0. The first-order valence-electron chi connectivity index (χ1n) is 10.2. The molecule has 1 atom stereocenters. The molecule has 0 spiro atoms. The van der Waals surface area contributed by atoms with Crippen LogP contribution in [0, 0.1) is 19.8 Å². The Kier molecular flexibility index (Phi) is 6.54. The van der Waals surface area contributed by atoms with E-state index in [0.717, 1.165) is 31.0 Å². The van der Waals surface area contributed by atoms with Crippen LogP contribution in [0.1, 0.15) is 48.4 Å². The molecule has 0 aliphatic carbocycles. The quantitative estimate of drug-likeness (QED) is 0.799. The highest BCUT2D eigenvalue weighted by Crippen LogP contribution is 2.23. The van der Waals surface area contributed by atoms with E-state index in [2.05, 4.69) is 73.5 Å². The maximum Gasteiger partial charge on any atom is 0.220 e. The van der Waals surface area contributed by atoms with Gasteiger partial charge in [-0.25, -0.2) is 0 Å². The molecule has 3 rings (SSSR count). The van der Waals surface area contributed by atoms with E-state index in [-0.39, 0.29) is 5.91 Å². The van der Waals surface area contributed by atoms with Crippen LogP contribution in [-0.2, 0) is 17.8 Å². The van der Waals surface area contributed by atoms with Gasteiger partial charge in [-0.05, 0) is 73.4 Å². The average Bonchev–Trinajstić information content (AvgIpc) is 2.67. The van der Waals surface area contributed by atoms with Gasteiger partial charge in [0.05, 0.1) is 0 Å². The Morgan fingerprint density at radius 1 is 1.07 bits per heavy atom. The highest BCUT2D eigenvalue weighted by Gasteiger charge is 2.16. The Bertz CT molecular complexity index is 766. The highest BCUT2D eigenvalue weighted by atomic mass is 16.1. The van der Waals surface area contributed by atoms with Gasteiger partial charge in [0.15, 0.2) is 0 Å². The molecule has 1 saturated heterocycles. The van der Waals surface area contributed by atoms with Crippen LogP contribution >= 0.6 is 0 Å². The van der Waals surface area contributed by atoms with Crippen LogP contribution in [0.3, 0.4) is 0 Å². The molecule has 1 unspecified atom stereocenters. The summed E-state index contributed by atoms with van der Waals surface area (Å²) in [6, 6.07) is 15.1. The molecule has 2 aromatic carbocycles. The van der Waals surface area contributed by atoms with Crippen molar-refractivity contribution in [3.05, 3.63) is 64.7 Å². The number of hydrogen-bond acceptors (Lipinski definition) is 2. The maximum atomic E-state index is 12.2. The standard InChI is InChI=1S/C24H32N2O/c1-18-5-4-14-26(17-18)23-11-8-22(9-12-23)16-25-24(27)13-10-21-7-6-19(2)20(3)15-21/h6-9,11-12,15,18H,4-5,10,13-14,16-17H2,1-3H3,(H,25,27). The second-order valence-electron chi connectivity index (χ2n) is 8.06. The predicted octanol–water partition coefficient (Wildman–Crippen LogP) is 4.79. The van der Waals surface area contributed by atoms with Gasteiger partial charge in [-0.15, -0.1) is 0 Å². The molecule has 1 heterocycles. The minimum Gasteiger partial charge on any atom is -0.371 e. The van der Waals surface area contributed by atoms with Crippen molar-refractivity contribution in [1.82, 2.24) is 5.32 Å². The van der Waals surface area contributed by atoms with Crippen molar-refractivity contribution in [3.8, 4) is 0 Å². The number of nitrogens with zero attached hydrogens (tertiary/aromatic N) is 1. The molecule has 3 nitrogen and oxygen atoms in total. The average molecular weight is 365 g/mol. The van der Waals surface area contributed by atoms with E-state index >= 15 is 0 Å². The molecule has 0 saturated carbocycles. The molecule has 0 aromatic heterocycles. The molecule has 1 fully saturated rings. The first kappa shape index (κ1) is 19.5. The minimum atomic E-state index is 0.113. The summed E-state index contributed by atoms with van der Waals surface area (Å²) < 4.78 is 0. The second kappa shape index (κ2) is 9.07. The molecule has 1 N–H and O–H groups in total. The second-order valence-corrected chi connectivity index (χ2v) is 8.06.